The molecule has 0 radical (unpaired) electrons. The number of benzene rings is 2. The first-order valence-electron chi connectivity index (χ1n) is 8.86. The maximum absolute atomic E-state index is 12.9. The number of nitrogens with one attached hydrogen (secondary N) is 1. The van der Waals surface area contributed by atoms with E-state index in [1.165, 1.54) is 41.3 Å². The predicted octanol–water partition coefficient (Wildman–Crippen LogP) is 2.30. The van der Waals surface area contributed by atoms with Crippen LogP contribution < -0.4 is 5.32 Å². The minimum absolute atomic E-state index is 0.0543. The standard InChI is InChI=1S/C20H21FN2O5/c21-16-5-1-14(2-6-16)13-28-20(26)23-9-10-27-18(12-23)11-22-19(25)15-3-7-17(24)8-4-15/h1-8,18,24H,9-13H2,(H,22,25)/t18-/m0/s1. The Balaban J connectivity index is 1.45. The number of aromatic hydroxyl groups is 1. The van der Waals surface area contributed by atoms with E-state index in [-0.39, 0.29) is 43.3 Å². The molecule has 1 aliphatic heterocycles. The van der Waals surface area contributed by atoms with E-state index in [2.05, 4.69) is 5.32 Å². The average molecular weight is 388 g/mol. The zero-order valence-corrected chi connectivity index (χ0v) is 15.1. The summed E-state index contributed by atoms with van der Waals surface area (Å²) in [6.45, 7) is 1.31. The Kier molecular flexibility index (Phi) is 6.44. The minimum atomic E-state index is -0.484. The quantitative estimate of drug-likeness (QED) is 0.821. The summed E-state index contributed by atoms with van der Waals surface area (Å²) in [5, 5.41) is 12.0. The van der Waals surface area contributed by atoms with Crippen molar-refractivity contribution in [2.45, 2.75) is 12.7 Å². The van der Waals surface area contributed by atoms with Crippen molar-refractivity contribution in [3.8, 4) is 5.75 Å². The van der Waals surface area contributed by atoms with E-state index in [4.69, 9.17) is 9.47 Å². The fourth-order valence-corrected chi connectivity index (χ4v) is 2.75. The van der Waals surface area contributed by atoms with Gasteiger partial charge in [-0.3, -0.25) is 4.79 Å². The summed E-state index contributed by atoms with van der Waals surface area (Å²) < 4.78 is 23.8. The van der Waals surface area contributed by atoms with E-state index >= 15 is 0 Å². The van der Waals surface area contributed by atoms with E-state index in [1.807, 2.05) is 0 Å². The lowest BCUT2D eigenvalue weighted by atomic mass is 10.2. The van der Waals surface area contributed by atoms with Gasteiger partial charge in [0.05, 0.1) is 19.3 Å². The number of carbonyl (C=O) groups excluding carboxylic acids is 2. The highest BCUT2D eigenvalue weighted by atomic mass is 19.1. The molecule has 0 bridgehead atoms. The van der Waals surface area contributed by atoms with Crippen molar-refractivity contribution < 1.29 is 28.6 Å². The van der Waals surface area contributed by atoms with Crippen LogP contribution in [0.15, 0.2) is 48.5 Å². The van der Waals surface area contributed by atoms with Crippen LogP contribution in [0.2, 0.25) is 0 Å². The molecule has 0 aliphatic carbocycles. The molecule has 0 saturated carbocycles. The van der Waals surface area contributed by atoms with Gasteiger partial charge in [-0.25, -0.2) is 9.18 Å². The van der Waals surface area contributed by atoms with Crippen molar-refractivity contribution in [3.63, 3.8) is 0 Å². The van der Waals surface area contributed by atoms with Crippen molar-refractivity contribution in [2.24, 2.45) is 0 Å². The molecule has 1 heterocycles. The second kappa shape index (κ2) is 9.18. The van der Waals surface area contributed by atoms with E-state index in [0.29, 0.717) is 24.3 Å². The molecule has 7 nitrogen and oxygen atoms in total. The molecular formula is C20H21FN2O5. The molecule has 0 aromatic heterocycles. The molecule has 1 fully saturated rings. The van der Waals surface area contributed by atoms with Gasteiger partial charge in [0.25, 0.3) is 5.91 Å². The Morgan fingerprint density at radius 3 is 2.61 bits per heavy atom. The van der Waals surface area contributed by atoms with Crippen LogP contribution in [0.3, 0.4) is 0 Å². The van der Waals surface area contributed by atoms with E-state index in [1.54, 1.807) is 12.1 Å². The SMILES string of the molecule is O=C(NC[C@H]1CN(C(=O)OCc2ccc(F)cc2)CCO1)c1ccc(O)cc1. The smallest absolute Gasteiger partial charge is 0.410 e. The summed E-state index contributed by atoms with van der Waals surface area (Å²) in [5.41, 5.74) is 1.12. The Bertz CT molecular complexity index is 810. The highest BCUT2D eigenvalue weighted by molar-refractivity contribution is 5.94. The number of phenols is 1. The van der Waals surface area contributed by atoms with Crippen LogP contribution in [0, 0.1) is 5.82 Å². The van der Waals surface area contributed by atoms with E-state index in [0.717, 1.165) is 0 Å². The number of nitrogens with zero attached hydrogens (tertiary/aromatic N) is 1. The zero-order valence-electron chi connectivity index (χ0n) is 15.1. The van der Waals surface area contributed by atoms with Crippen molar-refractivity contribution in [1.29, 1.82) is 0 Å². The molecule has 2 aromatic carbocycles. The van der Waals surface area contributed by atoms with Gasteiger partial charge in [-0.2, -0.15) is 0 Å². The highest BCUT2D eigenvalue weighted by Crippen LogP contribution is 2.11. The highest BCUT2D eigenvalue weighted by Gasteiger charge is 2.25. The second-order valence-corrected chi connectivity index (χ2v) is 6.38. The third kappa shape index (κ3) is 5.43. The summed E-state index contributed by atoms with van der Waals surface area (Å²) in [6.07, 6.45) is -0.837. The van der Waals surface area contributed by atoms with E-state index < -0.39 is 6.09 Å². The Morgan fingerprint density at radius 2 is 1.89 bits per heavy atom. The van der Waals surface area contributed by atoms with Crippen LogP contribution in [-0.2, 0) is 16.1 Å². The number of rotatable bonds is 5. The number of morpholine rings is 1. The molecule has 0 spiro atoms. The minimum Gasteiger partial charge on any atom is -0.508 e. The van der Waals surface area contributed by atoms with Gasteiger partial charge in [-0.15, -0.1) is 0 Å². The molecule has 1 saturated heterocycles. The van der Waals surface area contributed by atoms with Crippen LogP contribution in [-0.4, -0.2) is 54.4 Å². The molecule has 3 rings (SSSR count). The zero-order chi connectivity index (χ0) is 19.9. The first-order chi connectivity index (χ1) is 13.5. The predicted molar refractivity (Wildman–Crippen MR) is 98.3 cm³/mol. The summed E-state index contributed by atoms with van der Waals surface area (Å²) in [7, 11) is 0. The molecule has 1 aliphatic rings. The van der Waals surface area contributed by atoms with Gasteiger partial charge in [-0.1, -0.05) is 12.1 Å². The second-order valence-electron chi connectivity index (χ2n) is 6.38. The third-order valence-corrected chi connectivity index (χ3v) is 4.29. The third-order valence-electron chi connectivity index (χ3n) is 4.29. The van der Waals surface area contributed by atoms with Gasteiger partial charge in [0.1, 0.15) is 18.2 Å². The largest absolute Gasteiger partial charge is 0.508 e. The van der Waals surface area contributed by atoms with Gasteiger partial charge < -0.3 is 24.8 Å². The van der Waals surface area contributed by atoms with Crippen LogP contribution in [0.25, 0.3) is 0 Å². The Morgan fingerprint density at radius 1 is 1.18 bits per heavy atom. The molecule has 28 heavy (non-hydrogen) atoms. The normalized spacial score (nSPS) is 16.5. The van der Waals surface area contributed by atoms with Crippen molar-refractivity contribution >= 4 is 12.0 Å². The molecule has 1 atom stereocenters. The molecule has 148 valence electrons. The lowest BCUT2D eigenvalue weighted by Crippen LogP contribution is -2.49. The van der Waals surface area contributed by atoms with Gasteiger partial charge in [-0.05, 0) is 42.0 Å². The van der Waals surface area contributed by atoms with Crippen LogP contribution in [0.5, 0.6) is 5.75 Å². The summed E-state index contributed by atoms with van der Waals surface area (Å²) in [5.74, 6) is -0.554. The topological polar surface area (TPSA) is 88.1 Å². The van der Waals surface area contributed by atoms with Crippen LogP contribution >= 0.6 is 0 Å². The van der Waals surface area contributed by atoms with Crippen molar-refractivity contribution in [1.82, 2.24) is 10.2 Å². The van der Waals surface area contributed by atoms with Crippen molar-refractivity contribution in [3.05, 3.63) is 65.5 Å². The monoisotopic (exact) mass is 388 g/mol. The number of carbonyl (C=O) groups is 2. The number of amides is 2. The Labute approximate surface area is 161 Å². The van der Waals surface area contributed by atoms with Gasteiger partial charge in [0, 0.05) is 18.7 Å². The summed E-state index contributed by atoms with van der Waals surface area (Å²) in [4.78, 5) is 25.9. The summed E-state index contributed by atoms with van der Waals surface area (Å²) in [6, 6.07) is 11.6. The van der Waals surface area contributed by atoms with Gasteiger partial charge in [0.15, 0.2) is 0 Å². The first-order valence-corrected chi connectivity index (χ1v) is 8.86. The molecular weight excluding hydrogens is 367 g/mol. The van der Waals surface area contributed by atoms with Gasteiger partial charge >= 0.3 is 6.09 Å². The lowest BCUT2D eigenvalue weighted by molar-refractivity contribution is -0.0263. The molecule has 0 unspecified atom stereocenters. The molecule has 2 N–H and O–H groups in total. The first kappa shape index (κ1) is 19.6. The lowest BCUT2D eigenvalue weighted by Gasteiger charge is -2.32. The Hall–Kier alpha value is -3.13. The molecule has 8 heteroatoms. The summed E-state index contributed by atoms with van der Waals surface area (Å²) >= 11 is 0. The number of halogens is 1. The molecule has 2 amide bonds. The average Bonchev–Trinajstić information content (AvgIpc) is 2.72. The van der Waals surface area contributed by atoms with Gasteiger partial charge in [0.2, 0.25) is 0 Å². The number of hydrogen-bond acceptors (Lipinski definition) is 5. The maximum atomic E-state index is 12.9. The van der Waals surface area contributed by atoms with Crippen LogP contribution in [0.4, 0.5) is 9.18 Å². The fraction of sp³-hybridized carbons (Fsp3) is 0.300. The van der Waals surface area contributed by atoms with Crippen LogP contribution in [0.1, 0.15) is 15.9 Å². The fourth-order valence-electron chi connectivity index (χ4n) is 2.75. The molecule has 2 aromatic rings. The number of hydrogen-bond donors (Lipinski definition) is 2. The van der Waals surface area contributed by atoms with E-state index in [9.17, 15) is 19.1 Å². The maximum Gasteiger partial charge on any atom is 0.410 e. The van der Waals surface area contributed by atoms with Crippen molar-refractivity contribution in [2.75, 3.05) is 26.2 Å². The number of phenolic OH excluding ortho intramolecular Hbond substituents is 1. The number of ether oxygens (including phenoxy) is 2.